The number of hydrogen-bond donors (Lipinski definition) is 2. The maximum Gasteiger partial charge on any atom is 0.402 e. The van der Waals surface area contributed by atoms with Crippen molar-refractivity contribution in [2.75, 3.05) is 11.9 Å². The van der Waals surface area contributed by atoms with Crippen LogP contribution in [0.2, 0.25) is 0 Å². The summed E-state index contributed by atoms with van der Waals surface area (Å²) in [6.45, 7) is -1.66. The molecule has 11 heteroatoms. The molecule has 0 bridgehead atoms. The molecule has 1 amide bonds. The molecule has 0 radical (unpaired) electrons. The normalized spacial score (nSPS) is 12.0. The Hall–Kier alpha value is -3.18. The van der Waals surface area contributed by atoms with E-state index in [4.69, 9.17) is 0 Å². The van der Waals surface area contributed by atoms with Gasteiger partial charge in [0.05, 0.1) is 10.6 Å². The van der Waals surface area contributed by atoms with Crippen LogP contribution in [0.25, 0.3) is 5.69 Å². The molecule has 0 saturated carbocycles. The third kappa shape index (κ3) is 5.42. The van der Waals surface area contributed by atoms with Crippen molar-refractivity contribution >= 4 is 21.6 Å². The summed E-state index contributed by atoms with van der Waals surface area (Å²) in [4.78, 5) is 12.0. The van der Waals surface area contributed by atoms with Gasteiger partial charge in [-0.05, 0) is 54.6 Å². The first-order valence-corrected chi connectivity index (χ1v) is 9.70. The molecule has 1 heterocycles. The molecule has 0 aliphatic carbocycles. The highest BCUT2D eigenvalue weighted by molar-refractivity contribution is 7.89. The molecule has 2 aromatic carbocycles. The molecule has 0 aliphatic heterocycles. The van der Waals surface area contributed by atoms with Gasteiger partial charge in [0.1, 0.15) is 6.54 Å². The van der Waals surface area contributed by atoms with Crippen LogP contribution >= 0.6 is 0 Å². The summed E-state index contributed by atoms with van der Waals surface area (Å²) in [7, 11) is -4.31. The minimum Gasteiger partial charge on any atom is -0.322 e. The molecule has 2 N–H and O–H groups in total. The van der Waals surface area contributed by atoms with Gasteiger partial charge < -0.3 is 5.32 Å². The highest BCUT2D eigenvalue weighted by atomic mass is 32.2. The lowest BCUT2D eigenvalue weighted by molar-refractivity contribution is -0.121. The minimum atomic E-state index is -4.66. The standard InChI is InChI=1S/C18H15F3N4O3S/c19-18(20,21)12-23-29(27,28)16-8-4-14(5-9-16)24-17(26)13-2-6-15(7-3-13)25-11-1-10-22-25/h1-11,23H,12H2,(H,24,26). The highest BCUT2D eigenvalue weighted by Crippen LogP contribution is 2.18. The number of rotatable bonds is 6. The predicted molar refractivity (Wildman–Crippen MR) is 99.2 cm³/mol. The monoisotopic (exact) mass is 424 g/mol. The summed E-state index contributed by atoms with van der Waals surface area (Å²) in [5, 5.41) is 6.67. The Morgan fingerprint density at radius 2 is 1.69 bits per heavy atom. The van der Waals surface area contributed by atoms with Gasteiger partial charge >= 0.3 is 6.18 Å². The minimum absolute atomic E-state index is 0.293. The van der Waals surface area contributed by atoms with Crippen molar-refractivity contribution < 1.29 is 26.4 Å². The van der Waals surface area contributed by atoms with E-state index in [-0.39, 0.29) is 4.90 Å². The van der Waals surface area contributed by atoms with Crippen LogP contribution in [0.3, 0.4) is 0 Å². The van der Waals surface area contributed by atoms with E-state index in [0.717, 1.165) is 17.8 Å². The van der Waals surface area contributed by atoms with Crippen LogP contribution in [0.4, 0.5) is 18.9 Å². The zero-order valence-corrected chi connectivity index (χ0v) is 15.5. The van der Waals surface area contributed by atoms with Crippen molar-refractivity contribution in [3.8, 4) is 5.69 Å². The van der Waals surface area contributed by atoms with Crippen LogP contribution in [-0.2, 0) is 10.0 Å². The van der Waals surface area contributed by atoms with Crippen LogP contribution in [0.15, 0.2) is 71.9 Å². The van der Waals surface area contributed by atoms with Gasteiger partial charge in [0.25, 0.3) is 5.91 Å². The van der Waals surface area contributed by atoms with Crippen molar-refractivity contribution in [1.82, 2.24) is 14.5 Å². The molecule has 0 saturated heterocycles. The number of carbonyl (C=O) groups excluding carboxylic acids is 1. The van der Waals surface area contributed by atoms with Gasteiger partial charge in [0.2, 0.25) is 10.0 Å². The van der Waals surface area contributed by atoms with Crippen molar-refractivity contribution in [2.45, 2.75) is 11.1 Å². The van der Waals surface area contributed by atoms with Crippen LogP contribution in [0.5, 0.6) is 0 Å². The molecule has 7 nitrogen and oxygen atoms in total. The topological polar surface area (TPSA) is 93.1 Å². The first-order chi connectivity index (χ1) is 13.6. The van der Waals surface area contributed by atoms with E-state index in [0.29, 0.717) is 11.3 Å². The summed E-state index contributed by atoms with van der Waals surface area (Å²) in [6, 6.07) is 13.2. The smallest absolute Gasteiger partial charge is 0.322 e. The number of nitrogens with one attached hydrogen (secondary N) is 2. The average Bonchev–Trinajstić information content (AvgIpc) is 3.21. The van der Waals surface area contributed by atoms with E-state index < -0.39 is 28.7 Å². The lowest BCUT2D eigenvalue weighted by atomic mass is 10.2. The number of amides is 1. The molecule has 0 aliphatic rings. The van der Waals surface area contributed by atoms with E-state index in [2.05, 4.69) is 10.4 Å². The van der Waals surface area contributed by atoms with Gasteiger partial charge in [-0.25, -0.2) is 17.8 Å². The Morgan fingerprint density at radius 3 is 2.24 bits per heavy atom. The Bertz CT molecular complexity index is 1080. The summed E-state index contributed by atoms with van der Waals surface area (Å²) in [5.74, 6) is -0.428. The second-order valence-corrected chi connectivity index (χ2v) is 7.68. The molecular weight excluding hydrogens is 409 g/mol. The van der Waals surface area contributed by atoms with Crippen molar-refractivity contribution in [3.63, 3.8) is 0 Å². The number of carbonyl (C=O) groups is 1. The number of sulfonamides is 1. The molecular formula is C18H15F3N4O3S. The number of halogens is 3. The molecule has 0 fully saturated rings. The van der Waals surface area contributed by atoms with Crippen LogP contribution in [0, 0.1) is 0 Å². The van der Waals surface area contributed by atoms with Crippen LogP contribution < -0.4 is 10.0 Å². The van der Waals surface area contributed by atoms with Crippen LogP contribution in [-0.4, -0.2) is 36.8 Å². The highest BCUT2D eigenvalue weighted by Gasteiger charge is 2.30. The molecule has 3 aromatic rings. The first kappa shape index (κ1) is 20.6. The summed E-state index contributed by atoms with van der Waals surface area (Å²) < 4.78 is 63.4. The number of nitrogens with zero attached hydrogens (tertiary/aromatic N) is 2. The molecule has 0 unspecified atom stereocenters. The van der Waals surface area contributed by atoms with Crippen molar-refractivity contribution in [2.24, 2.45) is 0 Å². The summed E-state index contributed by atoms with van der Waals surface area (Å²) >= 11 is 0. The van der Waals surface area contributed by atoms with Crippen molar-refractivity contribution in [1.29, 1.82) is 0 Å². The Morgan fingerprint density at radius 1 is 1.03 bits per heavy atom. The number of anilines is 1. The Labute approximate surface area is 164 Å². The fourth-order valence-electron chi connectivity index (χ4n) is 2.37. The van der Waals surface area contributed by atoms with Gasteiger partial charge in [0.15, 0.2) is 0 Å². The predicted octanol–water partition coefficient (Wildman–Crippen LogP) is 2.97. The lowest BCUT2D eigenvalue weighted by Gasteiger charge is -2.10. The van der Waals surface area contributed by atoms with E-state index >= 15 is 0 Å². The fraction of sp³-hybridized carbons (Fsp3) is 0.111. The fourth-order valence-corrected chi connectivity index (χ4v) is 3.38. The summed E-state index contributed by atoms with van der Waals surface area (Å²) in [5.41, 5.74) is 1.43. The maximum absolute atomic E-state index is 12.3. The van der Waals surface area contributed by atoms with Gasteiger partial charge in [-0.15, -0.1) is 0 Å². The zero-order valence-electron chi connectivity index (χ0n) is 14.7. The van der Waals surface area contributed by atoms with Gasteiger partial charge in [-0.1, -0.05) is 0 Å². The average molecular weight is 424 g/mol. The molecule has 152 valence electrons. The van der Waals surface area contributed by atoms with Gasteiger partial charge in [-0.2, -0.15) is 18.3 Å². The molecule has 29 heavy (non-hydrogen) atoms. The Kier molecular flexibility index (Phi) is 5.71. The third-order valence-corrected chi connectivity index (χ3v) is 5.20. The SMILES string of the molecule is O=C(Nc1ccc(S(=O)(=O)NCC(F)(F)F)cc1)c1ccc(-n2cccn2)cc1. The van der Waals surface area contributed by atoms with Crippen LogP contribution in [0.1, 0.15) is 10.4 Å². The second kappa shape index (κ2) is 8.05. The lowest BCUT2D eigenvalue weighted by Crippen LogP contribution is -2.33. The van der Waals surface area contributed by atoms with E-state index in [1.807, 2.05) is 0 Å². The first-order valence-electron chi connectivity index (χ1n) is 8.22. The van der Waals surface area contributed by atoms with Gasteiger partial charge in [0, 0.05) is 23.6 Å². The second-order valence-electron chi connectivity index (χ2n) is 5.92. The zero-order chi connectivity index (χ0) is 21.1. The number of alkyl halides is 3. The van der Waals surface area contributed by atoms with E-state index in [9.17, 15) is 26.4 Å². The number of benzene rings is 2. The van der Waals surface area contributed by atoms with Crippen molar-refractivity contribution in [3.05, 3.63) is 72.6 Å². The Balaban J connectivity index is 1.65. The third-order valence-electron chi connectivity index (χ3n) is 3.78. The van der Waals surface area contributed by atoms with Gasteiger partial charge in [-0.3, -0.25) is 4.79 Å². The number of aromatic nitrogens is 2. The number of hydrogen-bond acceptors (Lipinski definition) is 4. The van der Waals surface area contributed by atoms with E-state index in [1.165, 1.54) is 16.9 Å². The molecule has 3 rings (SSSR count). The quantitative estimate of drug-likeness (QED) is 0.636. The summed E-state index contributed by atoms with van der Waals surface area (Å²) in [6.07, 6.45) is -1.27. The molecule has 0 spiro atoms. The largest absolute Gasteiger partial charge is 0.402 e. The maximum atomic E-state index is 12.3. The molecule has 0 atom stereocenters. The molecule has 1 aromatic heterocycles. The van der Waals surface area contributed by atoms with E-state index in [1.54, 1.807) is 47.4 Å².